The van der Waals surface area contributed by atoms with Crippen LogP contribution in [0.25, 0.3) is 0 Å². The molecule has 15 heavy (non-hydrogen) atoms. The molecule has 2 rings (SSSR count). The minimum absolute atomic E-state index is 0.579. The van der Waals surface area contributed by atoms with Crippen LogP contribution in [0, 0.1) is 5.92 Å². The maximum atomic E-state index is 5.64. The molecule has 1 aromatic rings. The highest BCUT2D eigenvalue weighted by molar-refractivity contribution is 5.46. The largest absolute Gasteiger partial charge is 0.397 e. The van der Waals surface area contributed by atoms with E-state index in [0.717, 1.165) is 24.0 Å². The van der Waals surface area contributed by atoms with Crippen molar-refractivity contribution < 1.29 is 0 Å². The van der Waals surface area contributed by atoms with E-state index in [-0.39, 0.29) is 0 Å². The van der Waals surface area contributed by atoms with Crippen molar-refractivity contribution in [3.8, 4) is 0 Å². The molecule has 2 atom stereocenters. The molecule has 0 spiro atoms. The molecular formula is C12H19N3. The molecule has 2 N–H and O–H groups in total. The second-order valence-electron chi connectivity index (χ2n) is 4.50. The summed E-state index contributed by atoms with van der Waals surface area (Å²) in [6, 6.07) is 4.52. The minimum Gasteiger partial charge on any atom is -0.397 e. The van der Waals surface area contributed by atoms with Gasteiger partial charge >= 0.3 is 0 Å². The van der Waals surface area contributed by atoms with Gasteiger partial charge in [-0.05, 0) is 37.8 Å². The van der Waals surface area contributed by atoms with E-state index in [2.05, 4.69) is 23.7 Å². The Bertz CT molecular complexity index is 320. The number of anilines is 2. The minimum atomic E-state index is 0.579. The van der Waals surface area contributed by atoms with Gasteiger partial charge in [0.05, 0.1) is 11.9 Å². The topological polar surface area (TPSA) is 42.1 Å². The summed E-state index contributed by atoms with van der Waals surface area (Å²) >= 11 is 0. The van der Waals surface area contributed by atoms with Gasteiger partial charge in [0.25, 0.3) is 0 Å². The first-order valence-electron chi connectivity index (χ1n) is 5.66. The van der Waals surface area contributed by atoms with Crippen molar-refractivity contribution in [3.05, 3.63) is 18.3 Å². The highest BCUT2D eigenvalue weighted by Crippen LogP contribution is 2.27. The third kappa shape index (κ3) is 2.06. The smallest absolute Gasteiger partial charge is 0.128 e. The molecule has 0 radical (unpaired) electrons. The van der Waals surface area contributed by atoms with Gasteiger partial charge in [-0.2, -0.15) is 0 Å². The van der Waals surface area contributed by atoms with E-state index in [1.807, 2.05) is 12.1 Å². The number of nitrogen functional groups attached to an aromatic ring is 1. The first-order chi connectivity index (χ1) is 7.18. The molecule has 0 amide bonds. The Morgan fingerprint density at radius 2 is 2.20 bits per heavy atom. The number of hydrogen-bond donors (Lipinski definition) is 1. The Balaban J connectivity index is 2.18. The van der Waals surface area contributed by atoms with Crippen LogP contribution >= 0.6 is 0 Å². The van der Waals surface area contributed by atoms with E-state index in [1.165, 1.54) is 12.8 Å². The Labute approximate surface area is 91.3 Å². The van der Waals surface area contributed by atoms with E-state index in [1.54, 1.807) is 6.20 Å². The zero-order valence-electron chi connectivity index (χ0n) is 9.48. The highest BCUT2D eigenvalue weighted by Gasteiger charge is 2.25. The molecule has 1 saturated heterocycles. The zero-order valence-corrected chi connectivity index (χ0v) is 9.48. The van der Waals surface area contributed by atoms with Crippen molar-refractivity contribution in [3.63, 3.8) is 0 Å². The summed E-state index contributed by atoms with van der Waals surface area (Å²) < 4.78 is 0. The number of piperidine rings is 1. The van der Waals surface area contributed by atoms with Crippen molar-refractivity contribution in [2.75, 3.05) is 17.2 Å². The van der Waals surface area contributed by atoms with Gasteiger partial charge < -0.3 is 10.6 Å². The number of nitrogens with zero attached hydrogens (tertiary/aromatic N) is 2. The lowest BCUT2D eigenvalue weighted by molar-refractivity contribution is 0.361. The van der Waals surface area contributed by atoms with Crippen LogP contribution in [0.3, 0.4) is 0 Å². The molecule has 0 aliphatic carbocycles. The Morgan fingerprint density at radius 3 is 2.87 bits per heavy atom. The summed E-state index contributed by atoms with van der Waals surface area (Å²) in [5.41, 5.74) is 6.37. The first kappa shape index (κ1) is 10.3. The average molecular weight is 205 g/mol. The quantitative estimate of drug-likeness (QED) is 0.765. The summed E-state index contributed by atoms with van der Waals surface area (Å²) in [5.74, 6) is 1.81. The molecule has 0 aromatic carbocycles. The molecule has 3 nitrogen and oxygen atoms in total. The lowest BCUT2D eigenvalue weighted by Crippen LogP contribution is -2.42. The number of pyridine rings is 1. The van der Waals surface area contributed by atoms with E-state index < -0.39 is 0 Å². The second-order valence-corrected chi connectivity index (χ2v) is 4.50. The molecule has 0 saturated carbocycles. The van der Waals surface area contributed by atoms with Crippen molar-refractivity contribution in [2.24, 2.45) is 5.92 Å². The number of nitrogens with two attached hydrogens (primary N) is 1. The average Bonchev–Trinajstić information content (AvgIpc) is 2.24. The standard InChI is InChI=1S/C12H19N3/c1-9-4-3-7-15(10(9)2)12-6-5-11(13)8-14-12/h5-6,8-10H,3-4,7,13H2,1-2H3. The number of aromatic nitrogens is 1. The Morgan fingerprint density at radius 1 is 1.40 bits per heavy atom. The van der Waals surface area contributed by atoms with Crippen LogP contribution < -0.4 is 10.6 Å². The van der Waals surface area contributed by atoms with Crippen molar-refractivity contribution in [1.82, 2.24) is 4.98 Å². The van der Waals surface area contributed by atoms with Gasteiger partial charge in [-0.1, -0.05) is 6.92 Å². The van der Waals surface area contributed by atoms with Gasteiger partial charge in [0.1, 0.15) is 5.82 Å². The molecule has 2 unspecified atom stereocenters. The monoisotopic (exact) mass is 205 g/mol. The van der Waals surface area contributed by atoms with E-state index in [9.17, 15) is 0 Å². The summed E-state index contributed by atoms with van der Waals surface area (Å²) in [7, 11) is 0. The maximum Gasteiger partial charge on any atom is 0.128 e. The predicted molar refractivity (Wildman–Crippen MR) is 63.9 cm³/mol. The van der Waals surface area contributed by atoms with E-state index in [0.29, 0.717) is 6.04 Å². The molecule has 1 aliphatic heterocycles. The molecule has 1 fully saturated rings. The van der Waals surface area contributed by atoms with Gasteiger partial charge in [-0.3, -0.25) is 0 Å². The molecule has 3 heteroatoms. The van der Waals surface area contributed by atoms with E-state index >= 15 is 0 Å². The van der Waals surface area contributed by atoms with Crippen LogP contribution in [0.15, 0.2) is 18.3 Å². The third-order valence-electron chi connectivity index (χ3n) is 3.44. The number of rotatable bonds is 1. The fourth-order valence-corrected chi connectivity index (χ4v) is 2.23. The van der Waals surface area contributed by atoms with Gasteiger partial charge in [0, 0.05) is 12.6 Å². The fourth-order valence-electron chi connectivity index (χ4n) is 2.23. The van der Waals surface area contributed by atoms with Crippen molar-refractivity contribution in [1.29, 1.82) is 0 Å². The SMILES string of the molecule is CC1CCCN(c2ccc(N)cn2)C1C. The summed E-state index contributed by atoms with van der Waals surface area (Å²) in [5, 5.41) is 0. The molecule has 1 aliphatic rings. The molecule has 2 heterocycles. The van der Waals surface area contributed by atoms with Crippen LogP contribution in [0.5, 0.6) is 0 Å². The van der Waals surface area contributed by atoms with Crippen LogP contribution in [-0.4, -0.2) is 17.6 Å². The van der Waals surface area contributed by atoms with Crippen LogP contribution in [0.2, 0.25) is 0 Å². The Kier molecular flexibility index (Phi) is 2.80. The lowest BCUT2D eigenvalue weighted by atomic mass is 9.92. The zero-order chi connectivity index (χ0) is 10.8. The van der Waals surface area contributed by atoms with Gasteiger partial charge in [0.15, 0.2) is 0 Å². The van der Waals surface area contributed by atoms with Crippen LogP contribution in [-0.2, 0) is 0 Å². The fraction of sp³-hybridized carbons (Fsp3) is 0.583. The number of hydrogen-bond acceptors (Lipinski definition) is 3. The van der Waals surface area contributed by atoms with Crippen molar-refractivity contribution in [2.45, 2.75) is 32.7 Å². The predicted octanol–water partition coefficient (Wildman–Crippen LogP) is 2.29. The maximum absolute atomic E-state index is 5.64. The lowest BCUT2D eigenvalue weighted by Gasteiger charge is -2.38. The summed E-state index contributed by atoms with van der Waals surface area (Å²) in [6.07, 6.45) is 4.32. The molecule has 82 valence electrons. The first-order valence-corrected chi connectivity index (χ1v) is 5.66. The van der Waals surface area contributed by atoms with Crippen molar-refractivity contribution >= 4 is 11.5 Å². The summed E-state index contributed by atoms with van der Waals surface area (Å²) in [4.78, 5) is 6.77. The van der Waals surface area contributed by atoms with Crippen LogP contribution in [0.1, 0.15) is 26.7 Å². The molecular weight excluding hydrogens is 186 g/mol. The van der Waals surface area contributed by atoms with Gasteiger partial charge in [-0.25, -0.2) is 4.98 Å². The summed E-state index contributed by atoms with van der Waals surface area (Å²) in [6.45, 7) is 5.71. The van der Waals surface area contributed by atoms with Crippen LogP contribution in [0.4, 0.5) is 11.5 Å². The normalized spacial score (nSPS) is 26.7. The third-order valence-corrected chi connectivity index (χ3v) is 3.44. The Hall–Kier alpha value is -1.25. The van der Waals surface area contributed by atoms with Gasteiger partial charge in [-0.15, -0.1) is 0 Å². The molecule has 1 aromatic heterocycles. The van der Waals surface area contributed by atoms with Gasteiger partial charge in [0.2, 0.25) is 0 Å². The molecule has 0 bridgehead atoms. The van der Waals surface area contributed by atoms with E-state index in [4.69, 9.17) is 5.73 Å². The second kappa shape index (κ2) is 4.09. The highest BCUT2D eigenvalue weighted by atomic mass is 15.2.